The number of carbonyl (C=O) groups excluding carboxylic acids is 3. The maximum absolute atomic E-state index is 12.7. The number of anilines is 1. The highest BCUT2D eigenvalue weighted by atomic mass is 16.2. The number of carbonyl (C=O) groups is 3. The van der Waals surface area contributed by atoms with E-state index in [0.717, 1.165) is 5.82 Å². The Morgan fingerprint density at radius 1 is 0.885 bits per heavy atom. The highest BCUT2D eigenvalue weighted by molar-refractivity contribution is 6.36. The lowest BCUT2D eigenvalue weighted by Crippen LogP contribution is -2.49. The van der Waals surface area contributed by atoms with Crippen LogP contribution in [-0.2, 0) is 9.59 Å². The first-order valence-electron chi connectivity index (χ1n) is 8.23. The lowest BCUT2D eigenvalue weighted by atomic mass is 10.1. The average molecular weight is 349 g/mol. The quantitative estimate of drug-likeness (QED) is 0.672. The number of benzene rings is 1. The van der Waals surface area contributed by atoms with Gasteiger partial charge in [0.2, 0.25) is 0 Å². The molecule has 1 fully saturated rings. The fraction of sp³-hybridized carbons (Fsp3) is 0.222. The molecule has 3 heterocycles. The summed E-state index contributed by atoms with van der Waals surface area (Å²) >= 11 is 0. The summed E-state index contributed by atoms with van der Waals surface area (Å²) in [6.45, 7) is 2.54. The molecule has 4 rings (SSSR count). The van der Waals surface area contributed by atoms with Gasteiger partial charge in [0.05, 0.1) is 10.7 Å². The van der Waals surface area contributed by atoms with Gasteiger partial charge in [0.15, 0.2) is 0 Å². The number of hydrogen-bond acceptors (Lipinski definition) is 5. The van der Waals surface area contributed by atoms with Crippen LogP contribution in [0.1, 0.15) is 10.4 Å². The number of fused-ring (bicyclic) bond motifs is 1. The lowest BCUT2D eigenvalue weighted by Gasteiger charge is -2.35. The zero-order valence-corrected chi connectivity index (χ0v) is 13.8. The third kappa shape index (κ3) is 2.97. The molecular formula is C18H15N5O3. The molecule has 1 aromatic carbocycles. The third-order valence-electron chi connectivity index (χ3n) is 4.39. The van der Waals surface area contributed by atoms with E-state index in [2.05, 4.69) is 19.9 Å². The van der Waals surface area contributed by atoms with Crippen LogP contribution in [-0.4, -0.2) is 53.8 Å². The van der Waals surface area contributed by atoms with E-state index in [1.165, 1.54) is 6.07 Å². The molecule has 1 saturated heterocycles. The van der Waals surface area contributed by atoms with Crippen molar-refractivity contribution in [3.05, 3.63) is 58.9 Å². The van der Waals surface area contributed by atoms with Crippen LogP contribution in [0.3, 0.4) is 0 Å². The minimum absolute atomic E-state index is 0.131. The molecule has 0 saturated carbocycles. The van der Waals surface area contributed by atoms with Crippen LogP contribution in [0.25, 0.3) is 0 Å². The molecule has 0 unspecified atom stereocenters. The number of aromatic nitrogens is 1. The molecule has 2 aliphatic rings. The number of rotatable bonds is 2. The fourth-order valence-electron chi connectivity index (χ4n) is 3.02. The zero-order valence-electron chi connectivity index (χ0n) is 13.8. The van der Waals surface area contributed by atoms with Gasteiger partial charge in [-0.1, -0.05) is 6.07 Å². The summed E-state index contributed by atoms with van der Waals surface area (Å²) in [5, 5.41) is 0.568. The SMILES string of the molecule is O=C1N=c2ccc(C(=O)N3CCN(c4ccccn4)CC3)cc2=NC1=O. The van der Waals surface area contributed by atoms with Crippen LogP contribution in [0, 0.1) is 0 Å². The molecule has 26 heavy (non-hydrogen) atoms. The monoisotopic (exact) mass is 349 g/mol. The summed E-state index contributed by atoms with van der Waals surface area (Å²) in [6, 6.07) is 10.4. The highest BCUT2D eigenvalue weighted by Gasteiger charge is 2.23. The molecular weight excluding hydrogens is 334 g/mol. The summed E-state index contributed by atoms with van der Waals surface area (Å²) < 4.78 is 0. The normalized spacial score (nSPS) is 16.6. The van der Waals surface area contributed by atoms with Crippen LogP contribution < -0.4 is 15.6 Å². The van der Waals surface area contributed by atoms with E-state index in [9.17, 15) is 14.4 Å². The van der Waals surface area contributed by atoms with Gasteiger partial charge in [0.25, 0.3) is 5.91 Å². The molecule has 0 bridgehead atoms. The Balaban J connectivity index is 1.51. The molecule has 2 aliphatic heterocycles. The van der Waals surface area contributed by atoms with E-state index in [1.807, 2.05) is 18.2 Å². The number of nitrogens with zero attached hydrogens (tertiary/aromatic N) is 5. The van der Waals surface area contributed by atoms with Gasteiger partial charge in [-0.15, -0.1) is 0 Å². The first-order valence-corrected chi connectivity index (χ1v) is 8.23. The van der Waals surface area contributed by atoms with Crippen LogP contribution in [0.15, 0.2) is 52.6 Å². The van der Waals surface area contributed by atoms with Crippen molar-refractivity contribution in [3.8, 4) is 0 Å². The molecule has 2 aromatic rings. The topological polar surface area (TPSA) is 95.3 Å². The molecule has 1 aromatic heterocycles. The zero-order chi connectivity index (χ0) is 18.1. The first kappa shape index (κ1) is 16.1. The molecule has 130 valence electrons. The Morgan fingerprint density at radius 2 is 1.62 bits per heavy atom. The van der Waals surface area contributed by atoms with E-state index in [-0.39, 0.29) is 11.3 Å². The number of amides is 3. The predicted molar refractivity (Wildman–Crippen MR) is 91.1 cm³/mol. The van der Waals surface area contributed by atoms with E-state index < -0.39 is 11.8 Å². The van der Waals surface area contributed by atoms with Crippen LogP contribution in [0.4, 0.5) is 5.82 Å². The van der Waals surface area contributed by atoms with Gasteiger partial charge in [0, 0.05) is 37.9 Å². The maximum atomic E-state index is 12.7. The van der Waals surface area contributed by atoms with Crippen molar-refractivity contribution in [1.82, 2.24) is 9.88 Å². The van der Waals surface area contributed by atoms with E-state index >= 15 is 0 Å². The van der Waals surface area contributed by atoms with Crippen LogP contribution >= 0.6 is 0 Å². The van der Waals surface area contributed by atoms with Gasteiger partial charge in [-0.25, -0.2) is 15.0 Å². The van der Waals surface area contributed by atoms with Crippen molar-refractivity contribution in [3.63, 3.8) is 0 Å². The van der Waals surface area contributed by atoms with Gasteiger partial charge in [-0.05, 0) is 30.3 Å². The summed E-state index contributed by atoms with van der Waals surface area (Å²) in [5.41, 5.74) is 0.427. The van der Waals surface area contributed by atoms with Gasteiger partial charge >= 0.3 is 11.8 Å². The van der Waals surface area contributed by atoms with E-state index in [4.69, 9.17) is 0 Å². The summed E-state index contributed by atoms with van der Waals surface area (Å²) in [7, 11) is 0. The van der Waals surface area contributed by atoms with Crippen molar-refractivity contribution in [2.75, 3.05) is 31.1 Å². The Kier molecular flexibility index (Phi) is 4.00. The molecule has 8 nitrogen and oxygen atoms in total. The second-order valence-corrected chi connectivity index (χ2v) is 6.00. The number of pyridine rings is 1. The van der Waals surface area contributed by atoms with Crippen LogP contribution in [0.2, 0.25) is 0 Å². The molecule has 8 heteroatoms. The molecule has 0 spiro atoms. The van der Waals surface area contributed by atoms with Crippen molar-refractivity contribution in [2.24, 2.45) is 9.98 Å². The van der Waals surface area contributed by atoms with E-state index in [1.54, 1.807) is 23.2 Å². The first-order chi connectivity index (χ1) is 12.6. The Labute approximate surface area is 148 Å². The van der Waals surface area contributed by atoms with Crippen LogP contribution in [0.5, 0.6) is 0 Å². The van der Waals surface area contributed by atoms with Gasteiger partial charge in [0.1, 0.15) is 5.82 Å². The van der Waals surface area contributed by atoms with Crippen molar-refractivity contribution >= 4 is 23.5 Å². The minimum atomic E-state index is -0.911. The molecule has 0 radical (unpaired) electrons. The molecule has 0 atom stereocenters. The van der Waals surface area contributed by atoms with Gasteiger partial charge < -0.3 is 9.80 Å². The number of hydrogen-bond donors (Lipinski definition) is 0. The standard InChI is InChI=1S/C18H15N5O3/c24-16-17(25)21-14-11-12(4-5-13(14)20-16)18(26)23-9-7-22(8-10-23)15-3-1-2-6-19-15/h1-6,11H,7-10H2. The largest absolute Gasteiger partial charge is 0.353 e. The smallest absolute Gasteiger partial charge is 0.338 e. The Bertz CT molecular complexity index is 1010. The molecule has 0 N–H and O–H groups in total. The summed E-state index contributed by atoms with van der Waals surface area (Å²) in [5.74, 6) is -1.03. The second kappa shape index (κ2) is 6.47. The Morgan fingerprint density at radius 3 is 2.31 bits per heavy atom. The molecule has 3 amide bonds. The molecule has 0 aliphatic carbocycles. The van der Waals surface area contributed by atoms with Crippen molar-refractivity contribution < 1.29 is 14.4 Å². The number of piperazine rings is 1. The average Bonchev–Trinajstić information content (AvgIpc) is 2.69. The Hall–Kier alpha value is -3.42. The van der Waals surface area contributed by atoms with Crippen molar-refractivity contribution in [2.45, 2.75) is 0 Å². The van der Waals surface area contributed by atoms with Gasteiger partial charge in [-0.3, -0.25) is 14.4 Å². The highest BCUT2D eigenvalue weighted by Crippen LogP contribution is 2.14. The van der Waals surface area contributed by atoms with Crippen molar-refractivity contribution in [1.29, 1.82) is 0 Å². The lowest BCUT2D eigenvalue weighted by molar-refractivity contribution is -0.135. The van der Waals surface area contributed by atoms with E-state index in [0.29, 0.717) is 37.1 Å². The third-order valence-corrected chi connectivity index (χ3v) is 4.39. The maximum Gasteiger partial charge on any atom is 0.338 e. The second-order valence-electron chi connectivity index (χ2n) is 6.00. The predicted octanol–water partition coefficient (Wildman–Crippen LogP) is -0.650. The minimum Gasteiger partial charge on any atom is -0.353 e. The summed E-state index contributed by atoms with van der Waals surface area (Å²) in [4.78, 5) is 51.0. The van der Waals surface area contributed by atoms with Gasteiger partial charge in [-0.2, -0.15) is 0 Å². The fourth-order valence-corrected chi connectivity index (χ4v) is 3.02. The summed E-state index contributed by atoms with van der Waals surface area (Å²) in [6.07, 6.45) is 1.75.